The van der Waals surface area contributed by atoms with Crippen molar-refractivity contribution in [3.05, 3.63) is 15.4 Å². The molecule has 0 aliphatic heterocycles. The van der Waals surface area contributed by atoms with Gasteiger partial charge >= 0.3 is 0 Å². The molecule has 2 atom stereocenters. The second-order valence-electron chi connectivity index (χ2n) is 8.72. The average molecular weight is 361 g/mol. The number of rotatable bonds is 4. The summed E-state index contributed by atoms with van der Waals surface area (Å²) in [4.78, 5) is 20.5. The van der Waals surface area contributed by atoms with Crippen LogP contribution in [0.15, 0.2) is 4.99 Å². The number of nitrogens with zero attached hydrogens (tertiary/aromatic N) is 2. The van der Waals surface area contributed by atoms with Gasteiger partial charge in [0.05, 0.1) is 12.0 Å². The van der Waals surface area contributed by atoms with Crippen LogP contribution >= 0.6 is 11.3 Å². The number of fused-ring (bicyclic) bond motifs is 1. The van der Waals surface area contributed by atoms with Crippen LogP contribution in [0.4, 0.5) is 0 Å². The maximum atomic E-state index is 13.3. The molecular formula is C20H28N2O2S. The lowest BCUT2D eigenvalue weighted by Crippen LogP contribution is -2.33. The molecule has 5 heteroatoms. The summed E-state index contributed by atoms with van der Waals surface area (Å²) < 4.78 is 7.60. The van der Waals surface area contributed by atoms with E-state index in [0.29, 0.717) is 12.5 Å². The first-order valence-electron chi connectivity index (χ1n) is 9.99. The monoisotopic (exact) mass is 360 g/mol. The molecule has 0 spiro atoms. The molecule has 4 bridgehead atoms. The minimum atomic E-state index is -0.100. The van der Waals surface area contributed by atoms with Crippen LogP contribution < -0.4 is 4.80 Å². The van der Waals surface area contributed by atoms with Gasteiger partial charge in [0, 0.05) is 24.2 Å². The second-order valence-corrected chi connectivity index (χ2v) is 9.79. The van der Waals surface area contributed by atoms with Crippen molar-refractivity contribution < 1.29 is 9.53 Å². The number of hydrogen-bond acceptors (Lipinski definition) is 3. The van der Waals surface area contributed by atoms with Gasteiger partial charge in [0.15, 0.2) is 4.80 Å². The van der Waals surface area contributed by atoms with Gasteiger partial charge in [0.2, 0.25) is 0 Å². The summed E-state index contributed by atoms with van der Waals surface area (Å²) in [7, 11) is 1.74. The van der Waals surface area contributed by atoms with Crippen molar-refractivity contribution in [2.45, 2.75) is 64.3 Å². The van der Waals surface area contributed by atoms with Gasteiger partial charge in [0.1, 0.15) is 0 Å². The number of carbonyl (C=O) groups excluding carboxylic acids is 1. The SMILES string of the molecule is COCCn1c2c(sc1=NC(=O)C13CC4CC(CC1C4)C3)CCCC2. The number of carbonyl (C=O) groups is 1. The molecule has 1 aromatic rings. The largest absolute Gasteiger partial charge is 0.383 e. The first-order chi connectivity index (χ1) is 12.2. The molecule has 0 saturated heterocycles. The molecule has 4 saturated carbocycles. The summed E-state index contributed by atoms with van der Waals surface area (Å²) in [6.07, 6.45) is 10.9. The Morgan fingerprint density at radius 1 is 1.24 bits per heavy atom. The normalized spacial score (nSPS) is 36.2. The molecule has 25 heavy (non-hydrogen) atoms. The highest BCUT2D eigenvalue weighted by Gasteiger charge is 2.61. The van der Waals surface area contributed by atoms with E-state index in [-0.39, 0.29) is 11.3 Å². The maximum Gasteiger partial charge on any atom is 0.254 e. The van der Waals surface area contributed by atoms with Gasteiger partial charge in [-0.15, -0.1) is 11.3 Å². The number of hydrogen-bond donors (Lipinski definition) is 0. The van der Waals surface area contributed by atoms with Gasteiger partial charge in [-0.1, -0.05) is 0 Å². The van der Waals surface area contributed by atoms with E-state index < -0.39 is 0 Å². The Morgan fingerprint density at radius 3 is 2.76 bits per heavy atom. The van der Waals surface area contributed by atoms with Crippen molar-refractivity contribution in [1.29, 1.82) is 0 Å². The second kappa shape index (κ2) is 6.05. The average Bonchev–Trinajstić information content (AvgIpc) is 3.17. The number of aromatic nitrogens is 1. The Morgan fingerprint density at radius 2 is 2.00 bits per heavy atom. The molecule has 6 rings (SSSR count). The summed E-state index contributed by atoms with van der Waals surface area (Å²) in [5, 5.41) is 0. The van der Waals surface area contributed by atoms with Gasteiger partial charge in [-0.25, -0.2) is 0 Å². The molecule has 0 aromatic carbocycles. The molecule has 1 amide bonds. The standard InChI is InChI=1S/C20H28N2O2S/c1-24-7-6-22-16-4-2-3-5-17(16)25-19(22)21-18(23)20-11-13-8-14(12-20)10-15(20)9-13/h13-15H,2-12H2,1H3. The number of amides is 1. The molecule has 4 fully saturated rings. The van der Waals surface area contributed by atoms with Crippen LogP contribution in [0.3, 0.4) is 0 Å². The quantitative estimate of drug-likeness (QED) is 0.827. The topological polar surface area (TPSA) is 43.6 Å². The molecule has 5 aliphatic carbocycles. The van der Waals surface area contributed by atoms with Gasteiger partial charge in [0.25, 0.3) is 5.91 Å². The summed E-state index contributed by atoms with van der Waals surface area (Å²) >= 11 is 1.76. The van der Waals surface area contributed by atoms with Crippen molar-refractivity contribution in [3.8, 4) is 0 Å². The van der Waals surface area contributed by atoms with Crippen LogP contribution in [0.1, 0.15) is 55.5 Å². The summed E-state index contributed by atoms with van der Waals surface area (Å²) in [6.45, 7) is 1.50. The van der Waals surface area contributed by atoms with Crippen molar-refractivity contribution in [2.75, 3.05) is 13.7 Å². The van der Waals surface area contributed by atoms with E-state index >= 15 is 0 Å². The third-order valence-electron chi connectivity index (χ3n) is 7.29. The lowest BCUT2D eigenvalue weighted by atomic mass is 9.75. The zero-order chi connectivity index (χ0) is 17.0. The first kappa shape index (κ1) is 16.2. The molecule has 136 valence electrons. The Bertz CT molecular complexity index is 748. The van der Waals surface area contributed by atoms with E-state index in [1.54, 1.807) is 18.4 Å². The molecule has 0 N–H and O–H groups in total. The van der Waals surface area contributed by atoms with Crippen LogP contribution in [0.2, 0.25) is 0 Å². The van der Waals surface area contributed by atoms with E-state index in [2.05, 4.69) is 4.57 Å². The fourth-order valence-corrected chi connectivity index (χ4v) is 7.62. The Labute approximate surface area is 153 Å². The Kier molecular flexibility index (Phi) is 3.93. The number of aryl methyl sites for hydroxylation is 1. The predicted molar refractivity (Wildman–Crippen MR) is 97.4 cm³/mol. The summed E-state index contributed by atoms with van der Waals surface area (Å²) in [5.74, 6) is 2.42. The molecular weight excluding hydrogens is 332 g/mol. The highest BCUT2D eigenvalue weighted by Crippen LogP contribution is 2.65. The van der Waals surface area contributed by atoms with Crippen molar-refractivity contribution in [2.24, 2.45) is 28.2 Å². The fourth-order valence-electron chi connectivity index (χ4n) is 6.38. The van der Waals surface area contributed by atoms with Crippen molar-refractivity contribution >= 4 is 17.2 Å². The first-order valence-corrected chi connectivity index (χ1v) is 10.8. The van der Waals surface area contributed by atoms with Crippen LogP contribution in [0.5, 0.6) is 0 Å². The maximum absolute atomic E-state index is 13.3. The molecule has 0 radical (unpaired) electrons. The highest BCUT2D eigenvalue weighted by molar-refractivity contribution is 7.09. The molecule has 4 nitrogen and oxygen atoms in total. The van der Waals surface area contributed by atoms with E-state index in [0.717, 1.165) is 48.9 Å². The van der Waals surface area contributed by atoms with E-state index in [9.17, 15) is 4.79 Å². The van der Waals surface area contributed by atoms with Crippen LogP contribution in [-0.2, 0) is 28.9 Å². The number of ether oxygens (including phenoxy) is 1. The van der Waals surface area contributed by atoms with Gasteiger partial charge in [-0.3, -0.25) is 4.79 Å². The van der Waals surface area contributed by atoms with Crippen LogP contribution in [0.25, 0.3) is 0 Å². The Hall–Kier alpha value is -0.940. The van der Waals surface area contributed by atoms with Gasteiger partial charge in [-0.2, -0.15) is 4.99 Å². The molecule has 5 aliphatic rings. The van der Waals surface area contributed by atoms with Crippen LogP contribution in [-0.4, -0.2) is 24.2 Å². The third-order valence-corrected chi connectivity index (χ3v) is 8.47. The lowest BCUT2D eigenvalue weighted by molar-refractivity contribution is -0.129. The minimum Gasteiger partial charge on any atom is -0.383 e. The van der Waals surface area contributed by atoms with Gasteiger partial charge < -0.3 is 9.30 Å². The predicted octanol–water partition coefficient (Wildman–Crippen LogP) is 3.33. The molecule has 2 unspecified atom stereocenters. The summed E-state index contributed by atoms with van der Waals surface area (Å²) in [6, 6.07) is 0. The minimum absolute atomic E-state index is 0.100. The third kappa shape index (κ3) is 2.49. The Balaban J connectivity index is 1.52. The molecule has 1 heterocycles. The molecule has 1 aromatic heterocycles. The van der Waals surface area contributed by atoms with Gasteiger partial charge in [-0.05, 0) is 75.5 Å². The van der Waals surface area contributed by atoms with E-state index in [1.807, 2.05) is 0 Å². The van der Waals surface area contributed by atoms with Crippen molar-refractivity contribution in [1.82, 2.24) is 4.57 Å². The van der Waals surface area contributed by atoms with Crippen molar-refractivity contribution in [3.63, 3.8) is 0 Å². The van der Waals surface area contributed by atoms with Crippen LogP contribution in [0, 0.1) is 23.2 Å². The summed E-state index contributed by atoms with van der Waals surface area (Å²) in [5.41, 5.74) is 1.31. The smallest absolute Gasteiger partial charge is 0.254 e. The zero-order valence-electron chi connectivity index (χ0n) is 15.1. The number of methoxy groups -OCH3 is 1. The highest BCUT2D eigenvalue weighted by atomic mass is 32.1. The number of thiazole rings is 1. The fraction of sp³-hybridized carbons (Fsp3) is 0.800. The zero-order valence-corrected chi connectivity index (χ0v) is 15.9. The van der Waals surface area contributed by atoms with E-state index in [4.69, 9.17) is 9.73 Å². The lowest BCUT2D eigenvalue weighted by Gasteiger charge is -2.29. The van der Waals surface area contributed by atoms with E-state index in [1.165, 1.54) is 42.7 Å².